The number of rotatable bonds is 4. The molecule has 0 bridgehead atoms. The first-order valence-electron chi connectivity index (χ1n) is 20.3. The van der Waals surface area contributed by atoms with Gasteiger partial charge in [-0.2, -0.15) is 0 Å². The van der Waals surface area contributed by atoms with Crippen LogP contribution in [0.15, 0.2) is 198 Å². The molecule has 12 rings (SSSR count). The molecular formula is C55H37N3S. The fraction of sp³-hybridized carbons (Fsp3) is 0.0727. The summed E-state index contributed by atoms with van der Waals surface area (Å²) >= 11 is 1.87. The summed E-state index contributed by atoms with van der Waals surface area (Å²) in [4.78, 5) is 18.3. The number of benzene rings is 8. The van der Waals surface area contributed by atoms with Gasteiger partial charge in [0.2, 0.25) is 0 Å². The normalized spacial score (nSPS) is 14.5. The van der Waals surface area contributed by atoms with Gasteiger partial charge < -0.3 is 0 Å². The van der Waals surface area contributed by atoms with E-state index in [2.05, 4.69) is 184 Å². The van der Waals surface area contributed by atoms with Crippen LogP contribution in [0.5, 0.6) is 0 Å². The Balaban J connectivity index is 1.07. The van der Waals surface area contributed by atoms with Crippen LogP contribution in [0.1, 0.15) is 47.2 Å². The minimum Gasteiger partial charge on any atom is -0.208 e. The molecule has 0 unspecified atom stereocenters. The molecule has 1 aliphatic heterocycles. The zero-order valence-corrected chi connectivity index (χ0v) is 33.5. The van der Waals surface area contributed by atoms with Gasteiger partial charge in [0.1, 0.15) is 0 Å². The monoisotopic (exact) mass is 771 g/mol. The highest BCUT2D eigenvalue weighted by molar-refractivity contribution is 7.99. The third kappa shape index (κ3) is 4.87. The van der Waals surface area contributed by atoms with Crippen LogP contribution in [0.4, 0.5) is 0 Å². The largest absolute Gasteiger partial charge is 0.208 e. The fourth-order valence-electron chi connectivity index (χ4n) is 10.2. The lowest BCUT2D eigenvalue weighted by Crippen LogP contribution is -2.32. The molecule has 1 spiro atoms. The predicted octanol–water partition coefficient (Wildman–Crippen LogP) is 13.7. The molecule has 2 aliphatic carbocycles. The Hall–Kier alpha value is -6.88. The molecule has 0 saturated carbocycles. The van der Waals surface area contributed by atoms with E-state index in [1.807, 2.05) is 30.0 Å². The van der Waals surface area contributed by atoms with E-state index in [4.69, 9.17) is 15.0 Å². The molecule has 4 heteroatoms. The molecule has 2 heterocycles. The average molecular weight is 772 g/mol. The molecular weight excluding hydrogens is 735 g/mol. The van der Waals surface area contributed by atoms with Gasteiger partial charge in [-0.25, -0.2) is 15.0 Å². The van der Waals surface area contributed by atoms with E-state index in [9.17, 15) is 0 Å². The smallest absolute Gasteiger partial charge is 0.164 e. The first-order chi connectivity index (χ1) is 29.0. The average Bonchev–Trinajstić information content (AvgIpc) is 3.72. The second kappa shape index (κ2) is 12.8. The maximum atomic E-state index is 5.36. The molecule has 0 fully saturated rings. The topological polar surface area (TPSA) is 38.7 Å². The third-order valence-electron chi connectivity index (χ3n) is 12.8. The van der Waals surface area contributed by atoms with E-state index < -0.39 is 5.41 Å². The van der Waals surface area contributed by atoms with Crippen molar-refractivity contribution in [1.29, 1.82) is 0 Å². The molecule has 8 aromatic carbocycles. The molecule has 3 nitrogen and oxygen atoms in total. The Morgan fingerprint density at radius 2 is 0.831 bits per heavy atom. The quantitative estimate of drug-likeness (QED) is 0.179. The summed E-state index contributed by atoms with van der Waals surface area (Å²) in [5, 5.41) is 0. The SMILES string of the molecule is CC1(C)c2ccccc2-c2ccc(-c3nc(-c4ccccc4)nc(-c4ccccc4-c4cccc5c4Sc4ccccc4C54c5ccccc5-c5ccccc54)n3)cc21. The van der Waals surface area contributed by atoms with Crippen LogP contribution in [-0.2, 0) is 10.8 Å². The lowest BCUT2D eigenvalue weighted by atomic mass is 9.67. The van der Waals surface area contributed by atoms with E-state index in [-0.39, 0.29) is 5.41 Å². The summed E-state index contributed by atoms with van der Waals surface area (Å²) in [7, 11) is 0. The van der Waals surface area contributed by atoms with Crippen LogP contribution < -0.4 is 0 Å². The minimum absolute atomic E-state index is 0.146. The Morgan fingerprint density at radius 1 is 0.339 bits per heavy atom. The highest BCUT2D eigenvalue weighted by Crippen LogP contribution is 2.63. The predicted molar refractivity (Wildman–Crippen MR) is 241 cm³/mol. The minimum atomic E-state index is -0.461. The van der Waals surface area contributed by atoms with Crippen molar-refractivity contribution in [3.8, 4) is 67.5 Å². The summed E-state index contributed by atoms with van der Waals surface area (Å²) in [6.45, 7) is 4.63. The molecule has 278 valence electrons. The lowest BCUT2D eigenvalue weighted by molar-refractivity contribution is 0.660. The van der Waals surface area contributed by atoms with Crippen molar-refractivity contribution in [2.75, 3.05) is 0 Å². The number of fused-ring (bicyclic) bond motifs is 12. The zero-order chi connectivity index (χ0) is 39.3. The van der Waals surface area contributed by atoms with Crippen molar-refractivity contribution < 1.29 is 0 Å². The number of hydrogen-bond acceptors (Lipinski definition) is 4. The van der Waals surface area contributed by atoms with Gasteiger partial charge in [-0.1, -0.05) is 202 Å². The number of aromatic nitrogens is 3. The first-order valence-corrected chi connectivity index (χ1v) is 21.1. The van der Waals surface area contributed by atoms with Crippen LogP contribution >= 0.6 is 11.8 Å². The van der Waals surface area contributed by atoms with Gasteiger partial charge in [0, 0.05) is 31.9 Å². The Kier molecular flexibility index (Phi) is 7.42. The van der Waals surface area contributed by atoms with E-state index in [0.29, 0.717) is 17.5 Å². The van der Waals surface area contributed by atoms with Gasteiger partial charge in [0.15, 0.2) is 17.5 Å². The molecule has 0 N–H and O–H groups in total. The molecule has 9 aromatic rings. The lowest BCUT2D eigenvalue weighted by Gasteiger charge is -2.40. The van der Waals surface area contributed by atoms with Gasteiger partial charge in [-0.05, 0) is 78.9 Å². The molecule has 1 aromatic heterocycles. The van der Waals surface area contributed by atoms with Crippen LogP contribution in [0, 0.1) is 0 Å². The molecule has 3 aliphatic rings. The Bertz CT molecular complexity index is 3140. The second-order valence-corrected chi connectivity index (χ2v) is 17.3. The fourth-order valence-corrected chi connectivity index (χ4v) is 11.5. The first kappa shape index (κ1) is 34.2. The molecule has 0 atom stereocenters. The van der Waals surface area contributed by atoms with Crippen LogP contribution in [0.2, 0.25) is 0 Å². The van der Waals surface area contributed by atoms with E-state index in [1.54, 1.807) is 0 Å². The van der Waals surface area contributed by atoms with Crippen molar-refractivity contribution in [1.82, 2.24) is 15.0 Å². The van der Waals surface area contributed by atoms with Crippen LogP contribution in [-0.4, -0.2) is 15.0 Å². The highest BCUT2D eigenvalue weighted by atomic mass is 32.2. The third-order valence-corrected chi connectivity index (χ3v) is 14.1. The summed E-state index contributed by atoms with van der Waals surface area (Å²) in [6, 6.07) is 68.2. The van der Waals surface area contributed by atoms with Gasteiger partial charge >= 0.3 is 0 Å². The van der Waals surface area contributed by atoms with Crippen LogP contribution in [0.25, 0.3) is 67.5 Å². The second-order valence-electron chi connectivity index (χ2n) is 16.3. The zero-order valence-electron chi connectivity index (χ0n) is 32.6. The molecule has 0 radical (unpaired) electrons. The standard InChI is InChI=1S/C55H37N3S/c1-54(2)43-25-11-8-20-37(43)40-32-31-35(33-48(40)54)52-56-51(34-17-4-3-5-18-34)57-53(58-52)42-23-7-6-19-36(42)41-24-16-29-47-50(41)59-49-30-15-14-28-46(49)55(47)44-26-12-9-21-38(44)39-22-10-13-27-45(39)55/h3-33H,1-2H3. The van der Waals surface area contributed by atoms with Gasteiger partial charge in [-0.3, -0.25) is 0 Å². The van der Waals surface area contributed by atoms with E-state index in [1.165, 1.54) is 71.0 Å². The summed E-state index contributed by atoms with van der Waals surface area (Å²) < 4.78 is 0. The van der Waals surface area contributed by atoms with Crippen LogP contribution in [0.3, 0.4) is 0 Å². The van der Waals surface area contributed by atoms with Crippen molar-refractivity contribution >= 4 is 11.8 Å². The van der Waals surface area contributed by atoms with E-state index >= 15 is 0 Å². The van der Waals surface area contributed by atoms with Gasteiger partial charge in [-0.15, -0.1) is 0 Å². The molecule has 0 saturated heterocycles. The molecule has 59 heavy (non-hydrogen) atoms. The van der Waals surface area contributed by atoms with Crippen molar-refractivity contribution in [2.24, 2.45) is 0 Å². The van der Waals surface area contributed by atoms with E-state index in [0.717, 1.165) is 22.3 Å². The summed E-state index contributed by atoms with van der Waals surface area (Å²) in [6.07, 6.45) is 0. The van der Waals surface area contributed by atoms with Crippen molar-refractivity contribution in [3.63, 3.8) is 0 Å². The summed E-state index contributed by atoms with van der Waals surface area (Å²) in [5.41, 5.74) is 17.6. The Morgan fingerprint density at radius 3 is 1.54 bits per heavy atom. The Labute approximate surface area is 348 Å². The summed E-state index contributed by atoms with van der Waals surface area (Å²) in [5.74, 6) is 1.97. The van der Waals surface area contributed by atoms with Gasteiger partial charge in [0.25, 0.3) is 0 Å². The maximum absolute atomic E-state index is 5.36. The maximum Gasteiger partial charge on any atom is 0.164 e. The number of hydrogen-bond donors (Lipinski definition) is 0. The van der Waals surface area contributed by atoms with Gasteiger partial charge in [0.05, 0.1) is 5.41 Å². The highest BCUT2D eigenvalue weighted by Gasteiger charge is 2.50. The van der Waals surface area contributed by atoms with Crippen molar-refractivity contribution in [3.05, 3.63) is 221 Å². The number of nitrogens with zero attached hydrogens (tertiary/aromatic N) is 3. The molecule has 0 amide bonds. The van der Waals surface area contributed by atoms with Crippen molar-refractivity contribution in [2.45, 2.75) is 34.5 Å².